The van der Waals surface area contributed by atoms with E-state index in [0.717, 1.165) is 64.0 Å². The Morgan fingerprint density at radius 3 is 2.78 bits per heavy atom. The first-order chi connectivity index (χ1) is 15.5. The molecule has 1 N–H and O–H groups in total. The van der Waals surface area contributed by atoms with Gasteiger partial charge in [0.15, 0.2) is 11.5 Å². The van der Waals surface area contributed by atoms with Crippen LogP contribution < -0.4 is 4.74 Å². The van der Waals surface area contributed by atoms with E-state index in [1.165, 1.54) is 17.5 Å². The van der Waals surface area contributed by atoms with Crippen molar-refractivity contribution < 1.29 is 14.6 Å². The normalized spacial score (nSPS) is 37.8. The van der Waals surface area contributed by atoms with Gasteiger partial charge in [0.25, 0.3) is 0 Å². The van der Waals surface area contributed by atoms with Gasteiger partial charge in [-0.2, -0.15) is 0 Å². The molecule has 1 amide bonds. The Kier molecular flexibility index (Phi) is 4.78. The molecule has 3 fully saturated rings. The molecule has 2 aliphatic carbocycles. The van der Waals surface area contributed by atoms with Crippen molar-refractivity contribution in [2.45, 2.75) is 82.0 Å². The average molecular weight is 440 g/mol. The van der Waals surface area contributed by atoms with E-state index in [4.69, 9.17) is 4.74 Å². The number of rotatable bonds is 4. The molecular formula is C26H37N3O3. The summed E-state index contributed by atoms with van der Waals surface area (Å²) in [7, 11) is 2.28. The van der Waals surface area contributed by atoms with Gasteiger partial charge < -0.3 is 19.6 Å². The van der Waals surface area contributed by atoms with Crippen LogP contribution in [0.3, 0.4) is 0 Å². The smallest absolute Gasteiger partial charge is 0.239 e. The lowest BCUT2D eigenvalue weighted by molar-refractivity contribution is -0.139. The van der Waals surface area contributed by atoms with Crippen LogP contribution in [0.25, 0.3) is 0 Å². The molecular weight excluding hydrogens is 402 g/mol. The molecule has 1 aromatic carbocycles. The number of likely N-dealkylation sites (N-methyl/N-ethyl adjacent to an activating group) is 2. The second-order valence-corrected chi connectivity index (χ2v) is 10.7. The van der Waals surface area contributed by atoms with Crippen LogP contribution in [0, 0.1) is 5.92 Å². The molecule has 5 aliphatic rings. The van der Waals surface area contributed by atoms with Crippen molar-refractivity contribution in [2.75, 3.05) is 33.2 Å². The zero-order chi connectivity index (χ0) is 22.2. The molecule has 1 aromatic rings. The molecule has 0 unspecified atom stereocenters. The fraction of sp³-hybridized carbons (Fsp3) is 0.731. The number of carbonyl (C=O) groups is 1. The second-order valence-electron chi connectivity index (χ2n) is 10.7. The van der Waals surface area contributed by atoms with Crippen LogP contribution in [0.1, 0.15) is 57.1 Å². The van der Waals surface area contributed by atoms with Crippen LogP contribution in [0.15, 0.2) is 12.1 Å². The number of likely N-dealkylation sites (tertiary alicyclic amines) is 2. The van der Waals surface area contributed by atoms with Crippen LogP contribution in [-0.2, 0) is 16.6 Å². The number of phenols is 1. The minimum Gasteiger partial charge on any atom is -0.504 e. The summed E-state index contributed by atoms with van der Waals surface area (Å²) in [5.41, 5.74) is 2.66. The quantitative estimate of drug-likeness (QED) is 0.782. The molecule has 2 saturated heterocycles. The first kappa shape index (κ1) is 20.8. The summed E-state index contributed by atoms with van der Waals surface area (Å²) in [6.45, 7) is 7.74. The number of nitrogens with zero attached hydrogens (tertiary/aromatic N) is 3. The summed E-state index contributed by atoms with van der Waals surface area (Å²) < 4.78 is 6.78. The second kappa shape index (κ2) is 7.36. The van der Waals surface area contributed by atoms with Gasteiger partial charge in [-0.15, -0.1) is 0 Å². The molecule has 6 nitrogen and oxygen atoms in total. The third-order valence-corrected chi connectivity index (χ3v) is 9.64. The monoisotopic (exact) mass is 439 g/mol. The lowest BCUT2D eigenvalue weighted by Crippen LogP contribution is -2.69. The zero-order valence-corrected chi connectivity index (χ0v) is 19.7. The summed E-state index contributed by atoms with van der Waals surface area (Å²) in [5, 5.41) is 10.8. The van der Waals surface area contributed by atoms with Crippen LogP contribution >= 0.6 is 0 Å². The van der Waals surface area contributed by atoms with Crippen LogP contribution in [-0.4, -0.2) is 83.2 Å². The van der Waals surface area contributed by atoms with Gasteiger partial charge in [0.2, 0.25) is 5.91 Å². The van der Waals surface area contributed by atoms with Crippen molar-refractivity contribution in [3.8, 4) is 11.5 Å². The highest BCUT2D eigenvalue weighted by Crippen LogP contribution is 2.64. The first-order valence-electron chi connectivity index (χ1n) is 12.8. The summed E-state index contributed by atoms with van der Waals surface area (Å²) in [6, 6.07) is 4.72. The van der Waals surface area contributed by atoms with E-state index in [1.54, 1.807) is 0 Å². The molecule has 3 aliphatic heterocycles. The predicted octanol–water partition coefficient (Wildman–Crippen LogP) is 2.76. The van der Waals surface area contributed by atoms with Crippen LogP contribution in [0.4, 0.5) is 0 Å². The molecule has 1 spiro atoms. The van der Waals surface area contributed by atoms with Gasteiger partial charge in [-0.3, -0.25) is 9.69 Å². The Labute approximate surface area is 191 Å². The van der Waals surface area contributed by atoms with Gasteiger partial charge in [0.05, 0.1) is 6.04 Å². The highest BCUT2D eigenvalue weighted by Gasteiger charge is 2.66. The molecule has 3 heterocycles. The fourth-order valence-corrected chi connectivity index (χ4v) is 8.25. The number of piperidine rings is 1. The number of aromatic hydroxyl groups is 1. The van der Waals surface area contributed by atoms with Gasteiger partial charge >= 0.3 is 0 Å². The molecule has 174 valence electrons. The van der Waals surface area contributed by atoms with Crippen molar-refractivity contribution in [3.63, 3.8) is 0 Å². The highest BCUT2D eigenvalue weighted by molar-refractivity contribution is 5.82. The largest absolute Gasteiger partial charge is 0.504 e. The summed E-state index contributed by atoms with van der Waals surface area (Å²) in [6.07, 6.45) is 6.45. The third-order valence-electron chi connectivity index (χ3n) is 9.64. The number of amides is 1. The number of carbonyl (C=O) groups excluding carboxylic acids is 1. The Hall–Kier alpha value is -1.79. The molecule has 0 aromatic heterocycles. The van der Waals surface area contributed by atoms with Gasteiger partial charge in [-0.25, -0.2) is 0 Å². The van der Waals surface area contributed by atoms with E-state index in [0.29, 0.717) is 17.7 Å². The molecule has 6 atom stereocenters. The molecule has 6 rings (SSSR count). The predicted molar refractivity (Wildman–Crippen MR) is 123 cm³/mol. The van der Waals surface area contributed by atoms with E-state index in [2.05, 4.69) is 36.8 Å². The minimum atomic E-state index is -0.0288. The standard InChI is InChI=1S/C26H37N3O3/c1-4-28(5-2)25(31)19-7-6-13-29(19)18-10-9-17-20-15-16-8-11-21(30)23-22(16)26(17,24(18)32-23)12-14-27(20)3/h8,11,17-20,24,30H,4-7,9-10,12-15H2,1-3H3/t17-,18-,19-,20-,24-,26-/m0/s1. The maximum atomic E-state index is 13.4. The number of phenolic OH excluding ortho intramolecular Hbond substituents is 1. The van der Waals surface area contributed by atoms with Crippen molar-refractivity contribution in [1.29, 1.82) is 0 Å². The molecule has 1 saturated carbocycles. The van der Waals surface area contributed by atoms with Gasteiger partial charge in [-0.1, -0.05) is 6.07 Å². The summed E-state index contributed by atoms with van der Waals surface area (Å²) in [4.78, 5) is 20.5. The number of ether oxygens (including phenoxy) is 1. The van der Waals surface area contributed by atoms with E-state index in [1.807, 2.05) is 11.0 Å². The van der Waals surface area contributed by atoms with Gasteiger partial charge in [-0.05, 0) is 90.1 Å². The molecule has 32 heavy (non-hydrogen) atoms. The van der Waals surface area contributed by atoms with Crippen molar-refractivity contribution >= 4 is 5.91 Å². The van der Waals surface area contributed by atoms with Crippen LogP contribution in [0.2, 0.25) is 0 Å². The third kappa shape index (κ3) is 2.57. The minimum absolute atomic E-state index is 0.0207. The lowest BCUT2D eigenvalue weighted by atomic mass is 9.51. The van der Waals surface area contributed by atoms with Gasteiger partial charge in [0, 0.05) is 36.2 Å². The topological polar surface area (TPSA) is 56.2 Å². The van der Waals surface area contributed by atoms with Crippen molar-refractivity contribution in [3.05, 3.63) is 23.3 Å². The number of hydrogen-bond acceptors (Lipinski definition) is 5. The lowest BCUT2D eigenvalue weighted by Gasteiger charge is -2.60. The highest BCUT2D eigenvalue weighted by atomic mass is 16.5. The Morgan fingerprint density at radius 2 is 2.00 bits per heavy atom. The Balaban J connectivity index is 1.41. The van der Waals surface area contributed by atoms with E-state index < -0.39 is 0 Å². The molecule has 6 heteroatoms. The Morgan fingerprint density at radius 1 is 1.19 bits per heavy atom. The van der Waals surface area contributed by atoms with Crippen molar-refractivity contribution in [2.24, 2.45) is 5.92 Å². The van der Waals surface area contributed by atoms with E-state index in [-0.39, 0.29) is 29.5 Å². The van der Waals surface area contributed by atoms with Gasteiger partial charge in [0.1, 0.15) is 6.10 Å². The van der Waals surface area contributed by atoms with Crippen LogP contribution in [0.5, 0.6) is 11.5 Å². The SMILES string of the molecule is CCN(CC)C(=O)[C@@H]1CCCN1[C@H]1CC[C@H]2[C@@H]3Cc4ccc(O)c5c4[C@@]2(CCN3C)[C@H]1O5. The maximum Gasteiger partial charge on any atom is 0.239 e. The molecule has 2 bridgehead atoms. The fourth-order valence-electron chi connectivity index (χ4n) is 8.25. The number of hydrogen-bond donors (Lipinski definition) is 1. The molecule has 0 radical (unpaired) electrons. The number of benzene rings is 1. The van der Waals surface area contributed by atoms with E-state index in [9.17, 15) is 9.90 Å². The zero-order valence-electron chi connectivity index (χ0n) is 19.7. The first-order valence-corrected chi connectivity index (χ1v) is 12.8. The summed E-state index contributed by atoms with van der Waals surface area (Å²) in [5.74, 6) is 1.89. The average Bonchev–Trinajstić information content (AvgIpc) is 3.41. The van der Waals surface area contributed by atoms with Crippen molar-refractivity contribution in [1.82, 2.24) is 14.7 Å². The maximum absolute atomic E-state index is 13.4. The summed E-state index contributed by atoms with van der Waals surface area (Å²) >= 11 is 0. The Bertz CT molecular complexity index is 931. The van der Waals surface area contributed by atoms with E-state index >= 15 is 0 Å².